The SMILES string of the molecule is COCCN(Cc1ccco1)C(=O)c1ccc(Cl)cc1[N+](=O)[O-]. The highest BCUT2D eigenvalue weighted by Crippen LogP contribution is 2.25. The molecule has 0 saturated carbocycles. The number of furan rings is 1. The van der Waals surface area contributed by atoms with Crippen LogP contribution in [0.2, 0.25) is 5.02 Å². The third-order valence-corrected chi connectivity index (χ3v) is 3.40. The lowest BCUT2D eigenvalue weighted by Gasteiger charge is -2.21. The molecule has 0 spiro atoms. The molecule has 0 unspecified atom stereocenters. The number of benzene rings is 1. The predicted molar refractivity (Wildman–Crippen MR) is 83.4 cm³/mol. The van der Waals surface area contributed by atoms with Gasteiger partial charge in [-0.2, -0.15) is 0 Å². The van der Waals surface area contributed by atoms with Crippen LogP contribution in [0.1, 0.15) is 16.1 Å². The van der Waals surface area contributed by atoms with Crippen molar-refractivity contribution in [1.82, 2.24) is 4.90 Å². The molecule has 23 heavy (non-hydrogen) atoms. The maximum Gasteiger partial charge on any atom is 0.283 e. The van der Waals surface area contributed by atoms with Gasteiger partial charge in [0.15, 0.2) is 0 Å². The lowest BCUT2D eigenvalue weighted by molar-refractivity contribution is -0.385. The van der Waals surface area contributed by atoms with Crippen LogP contribution < -0.4 is 0 Å². The van der Waals surface area contributed by atoms with E-state index in [1.165, 1.54) is 30.4 Å². The van der Waals surface area contributed by atoms with Gasteiger partial charge in [-0.25, -0.2) is 0 Å². The van der Waals surface area contributed by atoms with Crippen molar-refractivity contribution < 1.29 is 18.9 Å². The van der Waals surface area contributed by atoms with E-state index in [4.69, 9.17) is 20.8 Å². The number of amides is 1. The molecule has 1 aromatic heterocycles. The van der Waals surface area contributed by atoms with Gasteiger partial charge in [-0.1, -0.05) is 11.6 Å². The molecule has 2 aromatic rings. The minimum atomic E-state index is -0.624. The third-order valence-electron chi connectivity index (χ3n) is 3.17. The first-order valence-electron chi connectivity index (χ1n) is 6.77. The van der Waals surface area contributed by atoms with Crippen LogP contribution in [0.4, 0.5) is 5.69 Å². The molecule has 0 saturated heterocycles. The van der Waals surface area contributed by atoms with E-state index in [1.807, 2.05) is 0 Å². The first-order valence-corrected chi connectivity index (χ1v) is 7.15. The standard InChI is InChI=1S/C15H15ClN2O5/c1-22-8-6-17(10-12-3-2-7-23-12)15(19)13-5-4-11(16)9-14(13)18(20)21/h2-5,7,9H,6,8,10H2,1H3. The summed E-state index contributed by atoms with van der Waals surface area (Å²) >= 11 is 5.78. The van der Waals surface area contributed by atoms with Crippen LogP contribution in [0, 0.1) is 10.1 Å². The maximum absolute atomic E-state index is 12.7. The minimum Gasteiger partial charge on any atom is -0.467 e. The molecular weight excluding hydrogens is 324 g/mol. The maximum atomic E-state index is 12.7. The summed E-state index contributed by atoms with van der Waals surface area (Å²) < 4.78 is 10.2. The Hall–Kier alpha value is -2.38. The highest BCUT2D eigenvalue weighted by Gasteiger charge is 2.25. The molecule has 0 aliphatic heterocycles. The Balaban J connectivity index is 2.31. The number of nitrogens with zero attached hydrogens (tertiary/aromatic N) is 2. The van der Waals surface area contributed by atoms with Crippen LogP contribution in [0.5, 0.6) is 0 Å². The second kappa shape index (κ2) is 7.75. The van der Waals surface area contributed by atoms with Gasteiger partial charge in [0, 0.05) is 24.7 Å². The van der Waals surface area contributed by atoms with E-state index in [0.29, 0.717) is 12.4 Å². The van der Waals surface area contributed by atoms with Crippen molar-refractivity contribution in [1.29, 1.82) is 0 Å². The zero-order chi connectivity index (χ0) is 16.8. The molecule has 0 N–H and O–H groups in total. The van der Waals surface area contributed by atoms with Crippen LogP contribution in [-0.4, -0.2) is 36.0 Å². The molecule has 0 aliphatic carbocycles. The number of carbonyl (C=O) groups excluding carboxylic acids is 1. The molecule has 0 atom stereocenters. The molecule has 2 rings (SSSR count). The van der Waals surface area contributed by atoms with Crippen molar-refractivity contribution in [2.45, 2.75) is 6.54 Å². The monoisotopic (exact) mass is 338 g/mol. The number of ether oxygens (including phenoxy) is 1. The zero-order valence-corrected chi connectivity index (χ0v) is 13.2. The largest absolute Gasteiger partial charge is 0.467 e. The third kappa shape index (κ3) is 4.30. The summed E-state index contributed by atoms with van der Waals surface area (Å²) in [7, 11) is 1.51. The highest BCUT2D eigenvalue weighted by molar-refractivity contribution is 6.31. The van der Waals surface area contributed by atoms with Crippen molar-refractivity contribution in [2.24, 2.45) is 0 Å². The molecule has 0 aliphatic rings. The number of rotatable bonds is 7. The van der Waals surface area contributed by atoms with E-state index in [2.05, 4.69) is 0 Å². The second-order valence-corrected chi connectivity index (χ2v) is 5.15. The number of hydrogen-bond donors (Lipinski definition) is 0. The van der Waals surface area contributed by atoms with Crippen molar-refractivity contribution in [2.75, 3.05) is 20.3 Å². The average Bonchev–Trinajstić information content (AvgIpc) is 3.03. The van der Waals surface area contributed by atoms with Crippen molar-refractivity contribution in [3.63, 3.8) is 0 Å². The number of hydrogen-bond acceptors (Lipinski definition) is 5. The van der Waals surface area contributed by atoms with Gasteiger partial charge in [0.1, 0.15) is 11.3 Å². The summed E-state index contributed by atoms with van der Waals surface area (Å²) in [6.07, 6.45) is 1.50. The molecule has 7 nitrogen and oxygen atoms in total. The molecule has 1 amide bonds. The molecule has 8 heteroatoms. The van der Waals surface area contributed by atoms with Crippen LogP contribution in [0.15, 0.2) is 41.0 Å². The Morgan fingerprint density at radius 2 is 2.22 bits per heavy atom. The topological polar surface area (TPSA) is 85.8 Å². The fraction of sp³-hybridized carbons (Fsp3) is 0.267. The number of nitro groups is 1. The lowest BCUT2D eigenvalue weighted by atomic mass is 10.1. The fourth-order valence-corrected chi connectivity index (χ4v) is 2.22. The van der Waals surface area contributed by atoms with E-state index in [9.17, 15) is 14.9 Å². The van der Waals surface area contributed by atoms with Gasteiger partial charge in [0.05, 0.1) is 24.3 Å². The van der Waals surface area contributed by atoms with Gasteiger partial charge in [-0.15, -0.1) is 0 Å². The van der Waals surface area contributed by atoms with E-state index < -0.39 is 10.8 Å². The molecule has 0 fully saturated rings. The predicted octanol–water partition coefficient (Wildman–Crippen LogP) is 3.13. The Morgan fingerprint density at radius 1 is 1.43 bits per heavy atom. The molecule has 0 bridgehead atoms. The Kier molecular flexibility index (Phi) is 5.72. The van der Waals surface area contributed by atoms with Crippen molar-refractivity contribution in [3.8, 4) is 0 Å². The van der Waals surface area contributed by atoms with Crippen LogP contribution in [0.25, 0.3) is 0 Å². The molecule has 1 heterocycles. The van der Waals surface area contributed by atoms with E-state index in [0.717, 1.165) is 6.07 Å². The van der Waals surface area contributed by atoms with Gasteiger partial charge in [0.2, 0.25) is 0 Å². The lowest BCUT2D eigenvalue weighted by Crippen LogP contribution is -2.33. The number of nitro benzene ring substituents is 1. The van der Waals surface area contributed by atoms with Crippen LogP contribution in [0.3, 0.4) is 0 Å². The smallest absolute Gasteiger partial charge is 0.283 e. The molecule has 122 valence electrons. The molecule has 1 aromatic carbocycles. The summed E-state index contributed by atoms with van der Waals surface area (Å²) in [6.45, 7) is 0.763. The van der Waals surface area contributed by atoms with Crippen LogP contribution in [-0.2, 0) is 11.3 Å². The second-order valence-electron chi connectivity index (χ2n) is 4.72. The van der Waals surface area contributed by atoms with E-state index in [-0.39, 0.29) is 29.4 Å². The van der Waals surface area contributed by atoms with Crippen LogP contribution >= 0.6 is 11.6 Å². The fourth-order valence-electron chi connectivity index (χ4n) is 2.05. The van der Waals surface area contributed by atoms with Gasteiger partial charge in [-0.05, 0) is 24.3 Å². The van der Waals surface area contributed by atoms with Crippen molar-refractivity contribution in [3.05, 3.63) is 63.1 Å². The average molecular weight is 339 g/mol. The summed E-state index contributed by atoms with van der Waals surface area (Å²) in [5, 5.41) is 11.4. The van der Waals surface area contributed by atoms with Gasteiger partial charge >= 0.3 is 0 Å². The molecule has 0 radical (unpaired) electrons. The Bertz CT molecular complexity index is 687. The van der Waals surface area contributed by atoms with Crippen molar-refractivity contribution >= 4 is 23.2 Å². The minimum absolute atomic E-state index is 0.0259. The normalized spacial score (nSPS) is 10.5. The first kappa shape index (κ1) is 17.0. The number of halogens is 1. The quantitative estimate of drug-likeness (QED) is 0.572. The van der Waals surface area contributed by atoms with Gasteiger partial charge in [-0.3, -0.25) is 14.9 Å². The summed E-state index contributed by atoms with van der Waals surface area (Å²) in [4.78, 5) is 24.7. The Morgan fingerprint density at radius 3 is 2.83 bits per heavy atom. The summed E-state index contributed by atoms with van der Waals surface area (Å²) in [6, 6.07) is 7.40. The molecular formula is C15H15ClN2O5. The zero-order valence-electron chi connectivity index (χ0n) is 12.4. The highest BCUT2D eigenvalue weighted by atomic mass is 35.5. The number of methoxy groups -OCH3 is 1. The Labute approximate surface area is 137 Å². The first-order chi connectivity index (χ1) is 11.0. The van der Waals surface area contributed by atoms with E-state index >= 15 is 0 Å². The summed E-state index contributed by atoms with van der Waals surface area (Å²) in [5.74, 6) is 0.0906. The van der Waals surface area contributed by atoms with Gasteiger partial charge in [0.25, 0.3) is 11.6 Å². The van der Waals surface area contributed by atoms with E-state index in [1.54, 1.807) is 12.1 Å². The summed E-state index contributed by atoms with van der Waals surface area (Å²) in [5.41, 5.74) is -0.355. The number of carbonyl (C=O) groups is 1. The van der Waals surface area contributed by atoms with Gasteiger partial charge < -0.3 is 14.1 Å².